The number of benzene rings is 2. The summed E-state index contributed by atoms with van der Waals surface area (Å²) in [6.07, 6.45) is 4.38. The van der Waals surface area contributed by atoms with E-state index in [1.165, 1.54) is 24.0 Å². The summed E-state index contributed by atoms with van der Waals surface area (Å²) in [5.74, 6) is 1.57. The molecule has 2 N–H and O–H groups in total. The minimum Gasteiger partial charge on any atom is -0.508 e. The van der Waals surface area contributed by atoms with Crippen molar-refractivity contribution in [3.05, 3.63) is 59.2 Å². The molecule has 0 radical (unpaired) electrons. The average Bonchev–Trinajstić information content (AvgIpc) is 3.37. The largest absolute Gasteiger partial charge is 0.508 e. The van der Waals surface area contributed by atoms with Gasteiger partial charge in [0.2, 0.25) is 5.91 Å². The number of morpholine rings is 1. The highest BCUT2D eigenvalue weighted by Gasteiger charge is 2.32. The van der Waals surface area contributed by atoms with Crippen LogP contribution >= 0.6 is 0 Å². The van der Waals surface area contributed by atoms with E-state index in [2.05, 4.69) is 33.3 Å². The second-order valence-corrected chi connectivity index (χ2v) is 10.5. The maximum absolute atomic E-state index is 13.2. The van der Waals surface area contributed by atoms with E-state index < -0.39 is 0 Å². The maximum Gasteiger partial charge on any atom is 0.224 e. The van der Waals surface area contributed by atoms with Crippen molar-refractivity contribution in [2.45, 2.75) is 32.2 Å². The minimum atomic E-state index is -0.0609. The number of carbonyl (C=O) groups is 1. The fourth-order valence-electron chi connectivity index (χ4n) is 5.76. The molecule has 194 valence electrons. The summed E-state index contributed by atoms with van der Waals surface area (Å²) >= 11 is 0. The Kier molecular flexibility index (Phi) is 8.41. The van der Waals surface area contributed by atoms with Gasteiger partial charge in [-0.25, -0.2) is 0 Å². The molecule has 1 aliphatic carbocycles. The Balaban J connectivity index is 1.19. The topological polar surface area (TPSA) is 74.3 Å². The molecular weight excluding hydrogens is 454 g/mol. The lowest BCUT2D eigenvalue weighted by Crippen LogP contribution is -2.48. The van der Waals surface area contributed by atoms with E-state index in [0.717, 1.165) is 76.6 Å². The summed E-state index contributed by atoms with van der Waals surface area (Å²) in [4.78, 5) is 17.9. The molecule has 2 atom stereocenters. The quantitative estimate of drug-likeness (QED) is 0.560. The monoisotopic (exact) mass is 493 g/mol. The highest BCUT2D eigenvalue weighted by molar-refractivity contribution is 5.79. The first-order valence-electron chi connectivity index (χ1n) is 13.4. The molecule has 7 nitrogen and oxygen atoms in total. The van der Waals surface area contributed by atoms with Gasteiger partial charge in [0, 0.05) is 51.7 Å². The van der Waals surface area contributed by atoms with E-state index in [-0.39, 0.29) is 23.5 Å². The zero-order valence-electron chi connectivity index (χ0n) is 21.2. The number of fused-ring (bicyclic) bond motifs is 1. The van der Waals surface area contributed by atoms with Gasteiger partial charge in [-0.3, -0.25) is 14.6 Å². The zero-order valence-corrected chi connectivity index (χ0v) is 21.2. The van der Waals surface area contributed by atoms with Gasteiger partial charge in [0.15, 0.2) is 0 Å². The number of ether oxygens (including phenoxy) is 2. The van der Waals surface area contributed by atoms with E-state index in [4.69, 9.17) is 9.47 Å². The van der Waals surface area contributed by atoms with Crippen LogP contribution in [0.2, 0.25) is 0 Å². The molecule has 0 spiro atoms. The van der Waals surface area contributed by atoms with Crippen molar-refractivity contribution >= 4 is 5.91 Å². The van der Waals surface area contributed by atoms with E-state index >= 15 is 0 Å². The summed E-state index contributed by atoms with van der Waals surface area (Å²) in [7, 11) is 0. The number of aromatic hydroxyl groups is 1. The SMILES string of the molecule is O=C(NCCN1CCOCC1)[C@@H]1C[C@H](COc2ccc3c(c2)CCC3)CN(Cc2ccc(O)cc2)C1. The van der Waals surface area contributed by atoms with E-state index in [0.29, 0.717) is 13.2 Å². The summed E-state index contributed by atoms with van der Waals surface area (Å²) < 4.78 is 11.7. The Labute approximate surface area is 214 Å². The van der Waals surface area contributed by atoms with Gasteiger partial charge in [0.05, 0.1) is 25.7 Å². The molecule has 1 amide bonds. The third-order valence-electron chi connectivity index (χ3n) is 7.71. The van der Waals surface area contributed by atoms with Crippen molar-refractivity contribution in [2.24, 2.45) is 11.8 Å². The minimum absolute atomic E-state index is 0.0609. The van der Waals surface area contributed by atoms with E-state index in [1.807, 2.05) is 12.1 Å². The molecule has 3 aliphatic rings. The van der Waals surface area contributed by atoms with Crippen molar-refractivity contribution in [1.82, 2.24) is 15.1 Å². The molecule has 2 heterocycles. The second kappa shape index (κ2) is 12.1. The molecule has 36 heavy (non-hydrogen) atoms. The first-order chi connectivity index (χ1) is 17.6. The molecule has 7 heteroatoms. The molecule has 0 saturated carbocycles. The van der Waals surface area contributed by atoms with Crippen LogP contribution in [0.25, 0.3) is 0 Å². The lowest BCUT2D eigenvalue weighted by molar-refractivity contribution is -0.127. The van der Waals surface area contributed by atoms with Crippen molar-refractivity contribution in [3.8, 4) is 11.5 Å². The number of amides is 1. The smallest absolute Gasteiger partial charge is 0.224 e. The molecule has 2 saturated heterocycles. The van der Waals surface area contributed by atoms with E-state index in [1.54, 1.807) is 12.1 Å². The fraction of sp³-hybridized carbons (Fsp3) is 0.552. The molecular formula is C29H39N3O4. The average molecular weight is 494 g/mol. The number of rotatable bonds is 9. The zero-order chi connectivity index (χ0) is 24.7. The first kappa shape index (κ1) is 25.1. The molecule has 0 unspecified atom stereocenters. The fourth-order valence-corrected chi connectivity index (χ4v) is 5.76. The number of nitrogens with one attached hydrogen (secondary N) is 1. The Morgan fingerprint density at radius 3 is 2.67 bits per heavy atom. The Morgan fingerprint density at radius 1 is 1.03 bits per heavy atom. The van der Waals surface area contributed by atoms with Crippen molar-refractivity contribution in [3.63, 3.8) is 0 Å². The molecule has 2 fully saturated rings. The normalized spacial score (nSPS) is 22.8. The summed E-state index contributed by atoms with van der Waals surface area (Å²) in [5, 5.41) is 12.8. The Morgan fingerprint density at radius 2 is 1.83 bits per heavy atom. The molecule has 5 rings (SSSR count). The highest BCUT2D eigenvalue weighted by Crippen LogP contribution is 2.28. The molecule has 2 aromatic rings. The van der Waals surface area contributed by atoms with Crippen LogP contribution in [0, 0.1) is 11.8 Å². The molecule has 2 aromatic carbocycles. The molecule has 0 aromatic heterocycles. The van der Waals surface area contributed by atoms with Gasteiger partial charge < -0.3 is 19.9 Å². The predicted octanol–water partition coefficient (Wildman–Crippen LogP) is 2.85. The summed E-state index contributed by atoms with van der Waals surface area (Å²) in [6.45, 7) is 7.94. The molecule has 0 bridgehead atoms. The molecule has 2 aliphatic heterocycles. The van der Waals surface area contributed by atoms with Crippen molar-refractivity contribution in [1.29, 1.82) is 0 Å². The van der Waals surface area contributed by atoms with Crippen LogP contribution < -0.4 is 10.1 Å². The number of carbonyl (C=O) groups excluding carboxylic acids is 1. The predicted molar refractivity (Wildman–Crippen MR) is 139 cm³/mol. The van der Waals surface area contributed by atoms with Crippen LogP contribution in [0.5, 0.6) is 11.5 Å². The van der Waals surface area contributed by atoms with E-state index in [9.17, 15) is 9.90 Å². The van der Waals surface area contributed by atoms with Gasteiger partial charge in [0.1, 0.15) is 11.5 Å². The first-order valence-corrected chi connectivity index (χ1v) is 13.4. The van der Waals surface area contributed by atoms with Gasteiger partial charge in [-0.05, 0) is 66.6 Å². The number of piperidine rings is 1. The Hall–Kier alpha value is -2.61. The number of hydrogen-bond donors (Lipinski definition) is 2. The van der Waals surface area contributed by atoms with Crippen LogP contribution in [0.15, 0.2) is 42.5 Å². The van der Waals surface area contributed by atoms with Crippen LogP contribution in [-0.4, -0.2) is 79.9 Å². The lowest BCUT2D eigenvalue weighted by atomic mass is 9.88. The second-order valence-electron chi connectivity index (χ2n) is 10.5. The highest BCUT2D eigenvalue weighted by atomic mass is 16.5. The number of phenols is 1. The van der Waals surface area contributed by atoms with Gasteiger partial charge in [-0.2, -0.15) is 0 Å². The number of nitrogens with zero attached hydrogens (tertiary/aromatic N) is 2. The lowest BCUT2D eigenvalue weighted by Gasteiger charge is -2.37. The van der Waals surface area contributed by atoms with Gasteiger partial charge >= 0.3 is 0 Å². The number of likely N-dealkylation sites (tertiary alicyclic amines) is 1. The van der Waals surface area contributed by atoms with Gasteiger partial charge in [-0.15, -0.1) is 0 Å². The maximum atomic E-state index is 13.2. The number of hydrogen-bond acceptors (Lipinski definition) is 6. The van der Waals surface area contributed by atoms with Crippen LogP contribution in [-0.2, 0) is 28.9 Å². The number of phenolic OH excluding ortho intramolecular Hbond substituents is 1. The third-order valence-corrected chi connectivity index (χ3v) is 7.71. The van der Waals surface area contributed by atoms with Crippen molar-refractivity contribution < 1.29 is 19.4 Å². The van der Waals surface area contributed by atoms with Crippen LogP contribution in [0.4, 0.5) is 0 Å². The Bertz CT molecular complexity index is 1010. The van der Waals surface area contributed by atoms with Gasteiger partial charge in [-0.1, -0.05) is 18.2 Å². The number of aryl methyl sites for hydroxylation is 2. The standard InChI is InChI=1S/C29H39N3O4/c33-27-7-4-22(5-8-27)18-32-19-23(21-36-28-9-6-24-2-1-3-25(24)17-28)16-26(20-32)29(34)30-10-11-31-12-14-35-15-13-31/h4-9,17,23,26,33H,1-3,10-16,18-21H2,(H,30,34)/t23-,26+/m0/s1. The third kappa shape index (κ3) is 6.78. The summed E-state index contributed by atoms with van der Waals surface area (Å²) in [5.41, 5.74) is 4.01. The van der Waals surface area contributed by atoms with Crippen LogP contribution in [0.3, 0.4) is 0 Å². The van der Waals surface area contributed by atoms with Crippen LogP contribution in [0.1, 0.15) is 29.5 Å². The van der Waals surface area contributed by atoms with Crippen molar-refractivity contribution in [2.75, 3.05) is 59.1 Å². The summed E-state index contributed by atoms with van der Waals surface area (Å²) in [6, 6.07) is 13.9. The van der Waals surface area contributed by atoms with Gasteiger partial charge in [0.25, 0.3) is 0 Å².